The van der Waals surface area contributed by atoms with Crippen LogP contribution in [0.1, 0.15) is 22.5 Å². The van der Waals surface area contributed by atoms with Gasteiger partial charge in [0.25, 0.3) is 5.91 Å². The van der Waals surface area contributed by atoms with E-state index in [9.17, 15) is 4.79 Å². The van der Waals surface area contributed by atoms with Gasteiger partial charge in [-0.05, 0) is 36.5 Å². The highest BCUT2D eigenvalue weighted by Crippen LogP contribution is 2.25. The summed E-state index contributed by atoms with van der Waals surface area (Å²) in [5.74, 6) is 1.23. The van der Waals surface area contributed by atoms with Crippen molar-refractivity contribution >= 4 is 23.3 Å². The fourth-order valence-electron chi connectivity index (χ4n) is 3.00. The van der Waals surface area contributed by atoms with Crippen LogP contribution in [0.4, 0.5) is 5.82 Å². The van der Waals surface area contributed by atoms with Crippen LogP contribution in [-0.4, -0.2) is 48.0 Å². The summed E-state index contributed by atoms with van der Waals surface area (Å²) in [4.78, 5) is 24.4. The monoisotopic (exact) mass is 344 g/mol. The van der Waals surface area contributed by atoms with E-state index in [1.807, 2.05) is 12.1 Å². The van der Waals surface area contributed by atoms with E-state index in [2.05, 4.69) is 27.0 Å². The zero-order chi connectivity index (χ0) is 17.1. The van der Waals surface area contributed by atoms with Crippen LogP contribution in [-0.2, 0) is 6.42 Å². The molecule has 0 radical (unpaired) electrons. The lowest BCUT2D eigenvalue weighted by molar-refractivity contribution is 0.0821. The van der Waals surface area contributed by atoms with Crippen LogP contribution in [0.15, 0.2) is 36.7 Å². The van der Waals surface area contributed by atoms with Gasteiger partial charge in [0.2, 0.25) is 0 Å². The predicted octanol–water partition coefficient (Wildman–Crippen LogP) is 2.90. The van der Waals surface area contributed by atoms with Crippen molar-refractivity contribution in [3.05, 3.63) is 52.9 Å². The smallest absolute Gasteiger partial charge is 0.273 e. The van der Waals surface area contributed by atoms with Crippen molar-refractivity contribution in [3.8, 4) is 0 Å². The molecule has 1 aromatic heterocycles. The third-order valence-corrected chi connectivity index (χ3v) is 4.55. The molecular formula is C18H21ClN4O. The summed E-state index contributed by atoms with van der Waals surface area (Å²) in [6.07, 6.45) is 5.39. The van der Waals surface area contributed by atoms with Gasteiger partial charge >= 0.3 is 0 Å². The lowest BCUT2D eigenvalue weighted by Crippen LogP contribution is -2.26. The summed E-state index contributed by atoms with van der Waals surface area (Å²) in [6, 6.07) is 8.04. The number of amides is 1. The van der Waals surface area contributed by atoms with Crippen LogP contribution in [0, 0.1) is 5.92 Å². The van der Waals surface area contributed by atoms with E-state index < -0.39 is 0 Å². The lowest BCUT2D eigenvalue weighted by Gasteiger charge is -2.18. The van der Waals surface area contributed by atoms with Gasteiger partial charge in [0.1, 0.15) is 11.5 Å². The maximum Gasteiger partial charge on any atom is 0.273 e. The molecule has 0 bridgehead atoms. The number of carbonyl (C=O) groups is 1. The number of nitrogens with zero attached hydrogens (tertiary/aromatic N) is 4. The molecule has 0 aliphatic carbocycles. The summed E-state index contributed by atoms with van der Waals surface area (Å²) in [5, 5.41) is 0.768. The molecule has 0 saturated carbocycles. The number of hydrogen-bond acceptors (Lipinski definition) is 4. The molecular weight excluding hydrogens is 324 g/mol. The second kappa shape index (κ2) is 7.18. The molecule has 3 rings (SSSR count). The number of carbonyl (C=O) groups excluding carboxylic acids is 1. The van der Waals surface area contributed by atoms with E-state index in [4.69, 9.17) is 11.6 Å². The molecule has 1 unspecified atom stereocenters. The Labute approximate surface area is 147 Å². The standard InChI is InChI=1S/C18H21ClN4O/c1-22(2)18(24)16-10-20-11-17(21-16)23-8-7-14(12-23)9-13-3-5-15(19)6-4-13/h3-6,10-11,14H,7-9,12H2,1-2H3. The number of aromatic nitrogens is 2. The molecule has 24 heavy (non-hydrogen) atoms. The SMILES string of the molecule is CN(C)C(=O)c1cncc(N2CCC(Cc3ccc(Cl)cc3)C2)n1. The molecule has 126 valence electrons. The second-order valence-corrected chi connectivity index (χ2v) is 6.83. The van der Waals surface area contributed by atoms with E-state index in [0.717, 1.165) is 36.8 Å². The Morgan fingerprint density at radius 2 is 2.04 bits per heavy atom. The molecule has 6 heteroatoms. The van der Waals surface area contributed by atoms with E-state index >= 15 is 0 Å². The van der Waals surface area contributed by atoms with E-state index in [1.54, 1.807) is 20.3 Å². The summed E-state index contributed by atoms with van der Waals surface area (Å²) in [5.41, 5.74) is 1.69. The molecule has 1 fully saturated rings. The Hall–Kier alpha value is -2.14. The van der Waals surface area contributed by atoms with Crippen molar-refractivity contribution in [2.24, 2.45) is 5.92 Å². The summed E-state index contributed by atoms with van der Waals surface area (Å²) in [6.45, 7) is 1.86. The minimum Gasteiger partial charge on any atom is -0.355 e. The van der Waals surface area contributed by atoms with Gasteiger partial charge in [0.15, 0.2) is 0 Å². The molecule has 1 aliphatic heterocycles. The Morgan fingerprint density at radius 3 is 2.75 bits per heavy atom. The maximum atomic E-state index is 12.0. The normalized spacial score (nSPS) is 17.1. The summed E-state index contributed by atoms with van der Waals surface area (Å²) in [7, 11) is 3.43. The van der Waals surface area contributed by atoms with Crippen LogP contribution in [0.25, 0.3) is 0 Å². The van der Waals surface area contributed by atoms with Gasteiger partial charge in [-0.1, -0.05) is 23.7 Å². The van der Waals surface area contributed by atoms with Gasteiger partial charge in [-0.2, -0.15) is 0 Å². The summed E-state index contributed by atoms with van der Waals surface area (Å²) < 4.78 is 0. The number of anilines is 1. The molecule has 1 atom stereocenters. The maximum absolute atomic E-state index is 12.0. The highest BCUT2D eigenvalue weighted by atomic mass is 35.5. The number of halogens is 1. The second-order valence-electron chi connectivity index (χ2n) is 6.39. The van der Waals surface area contributed by atoms with E-state index in [-0.39, 0.29) is 5.91 Å². The molecule has 2 aromatic rings. The zero-order valence-electron chi connectivity index (χ0n) is 13.9. The van der Waals surface area contributed by atoms with Crippen molar-refractivity contribution in [2.45, 2.75) is 12.8 Å². The first kappa shape index (κ1) is 16.7. The van der Waals surface area contributed by atoms with Crippen molar-refractivity contribution in [1.82, 2.24) is 14.9 Å². The van der Waals surface area contributed by atoms with Gasteiger partial charge in [-0.15, -0.1) is 0 Å². The minimum absolute atomic E-state index is 0.124. The third-order valence-electron chi connectivity index (χ3n) is 4.29. The Morgan fingerprint density at radius 1 is 1.29 bits per heavy atom. The fourth-order valence-corrected chi connectivity index (χ4v) is 3.13. The topological polar surface area (TPSA) is 49.3 Å². The fraction of sp³-hybridized carbons (Fsp3) is 0.389. The molecule has 1 saturated heterocycles. The first-order valence-corrected chi connectivity index (χ1v) is 8.44. The molecule has 1 aliphatic rings. The van der Waals surface area contributed by atoms with Crippen molar-refractivity contribution in [3.63, 3.8) is 0 Å². The Balaban J connectivity index is 1.66. The van der Waals surface area contributed by atoms with Gasteiger partial charge in [0, 0.05) is 32.2 Å². The van der Waals surface area contributed by atoms with Crippen LogP contribution >= 0.6 is 11.6 Å². The third kappa shape index (κ3) is 3.85. The average Bonchev–Trinajstić information content (AvgIpc) is 3.05. The quantitative estimate of drug-likeness (QED) is 0.855. The molecule has 5 nitrogen and oxygen atoms in total. The van der Waals surface area contributed by atoms with E-state index in [1.165, 1.54) is 16.7 Å². The lowest BCUT2D eigenvalue weighted by atomic mass is 9.99. The molecule has 1 amide bonds. The minimum atomic E-state index is -0.124. The van der Waals surface area contributed by atoms with Crippen molar-refractivity contribution in [1.29, 1.82) is 0 Å². The Kier molecular flexibility index (Phi) is 5.00. The van der Waals surface area contributed by atoms with E-state index in [0.29, 0.717) is 11.6 Å². The molecule has 0 N–H and O–H groups in total. The molecule has 1 aromatic carbocycles. The zero-order valence-corrected chi connectivity index (χ0v) is 14.7. The molecule has 0 spiro atoms. The van der Waals surface area contributed by atoms with Gasteiger partial charge in [-0.3, -0.25) is 9.78 Å². The largest absolute Gasteiger partial charge is 0.355 e. The average molecular weight is 345 g/mol. The van der Waals surface area contributed by atoms with Crippen LogP contribution < -0.4 is 4.90 Å². The first-order valence-electron chi connectivity index (χ1n) is 8.06. The number of benzene rings is 1. The van der Waals surface area contributed by atoms with Gasteiger partial charge < -0.3 is 9.80 Å². The van der Waals surface area contributed by atoms with Gasteiger partial charge in [-0.25, -0.2) is 4.98 Å². The van der Waals surface area contributed by atoms with Crippen molar-refractivity contribution in [2.75, 3.05) is 32.1 Å². The molecule has 2 heterocycles. The highest BCUT2D eigenvalue weighted by molar-refractivity contribution is 6.30. The predicted molar refractivity (Wildman–Crippen MR) is 95.5 cm³/mol. The van der Waals surface area contributed by atoms with Crippen LogP contribution in [0.2, 0.25) is 5.02 Å². The Bertz CT molecular complexity index is 717. The first-order chi connectivity index (χ1) is 11.5. The number of hydrogen-bond donors (Lipinski definition) is 0. The van der Waals surface area contributed by atoms with Gasteiger partial charge in [0.05, 0.1) is 12.4 Å². The number of rotatable bonds is 4. The van der Waals surface area contributed by atoms with Crippen LogP contribution in [0.3, 0.4) is 0 Å². The summed E-state index contributed by atoms with van der Waals surface area (Å²) >= 11 is 5.94. The highest BCUT2D eigenvalue weighted by Gasteiger charge is 2.24. The van der Waals surface area contributed by atoms with Crippen LogP contribution in [0.5, 0.6) is 0 Å². The van der Waals surface area contributed by atoms with Crippen molar-refractivity contribution < 1.29 is 4.79 Å².